The maximum atomic E-state index is 4.99. The van der Waals surface area contributed by atoms with Crippen LogP contribution in [0.15, 0.2) is 4.99 Å². The molecule has 0 aromatic rings. The van der Waals surface area contributed by atoms with Crippen LogP contribution in [0.3, 0.4) is 0 Å². The van der Waals surface area contributed by atoms with Crippen LogP contribution >= 0.6 is 0 Å². The van der Waals surface area contributed by atoms with Crippen molar-refractivity contribution in [3.63, 3.8) is 0 Å². The predicted octanol–water partition coefficient (Wildman–Crippen LogP) is 0.530. The molecule has 106 valence electrons. The van der Waals surface area contributed by atoms with Gasteiger partial charge in [0, 0.05) is 33.8 Å². The minimum absolute atomic E-state index is 0.699. The van der Waals surface area contributed by atoms with E-state index in [1.54, 1.807) is 14.2 Å². The van der Waals surface area contributed by atoms with Gasteiger partial charge in [-0.25, -0.2) is 0 Å². The number of methoxy groups -OCH3 is 1. The molecule has 1 aliphatic heterocycles. The Hall–Kier alpha value is -0.810. The minimum atomic E-state index is 0.699. The fourth-order valence-corrected chi connectivity index (χ4v) is 2.11. The Morgan fingerprint density at radius 2 is 1.94 bits per heavy atom. The highest BCUT2D eigenvalue weighted by Gasteiger charge is 2.14. The highest BCUT2D eigenvalue weighted by Crippen LogP contribution is 2.14. The van der Waals surface area contributed by atoms with E-state index in [2.05, 4.69) is 27.4 Å². The van der Waals surface area contributed by atoms with Crippen LogP contribution in [0.1, 0.15) is 19.8 Å². The summed E-state index contributed by atoms with van der Waals surface area (Å²) in [6, 6.07) is 0. The molecule has 0 saturated carbocycles. The van der Waals surface area contributed by atoms with Crippen LogP contribution in [0.4, 0.5) is 0 Å². The van der Waals surface area contributed by atoms with Gasteiger partial charge in [-0.3, -0.25) is 4.99 Å². The summed E-state index contributed by atoms with van der Waals surface area (Å²) >= 11 is 0. The maximum absolute atomic E-state index is 4.99. The highest BCUT2D eigenvalue weighted by atomic mass is 16.5. The number of rotatable bonds is 6. The fraction of sp³-hybridized carbons (Fsp3) is 0.923. The Labute approximate surface area is 111 Å². The maximum Gasteiger partial charge on any atom is 0.191 e. The summed E-state index contributed by atoms with van der Waals surface area (Å²) < 4.78 is 4.99. The van der Waals surface area contributed by atoms with E-state index in [1.165, 1.54) is 25.9 Å². The number of guanidine groups is 1. The first-order valence-electron chi connectivity index (χ1n) is 6.92. The van der Waals surface area contributed by atoms with Crippen molar-refractivity contribution < 1.29 is 4.74 Å². The molecule has 0 atom stereocenters. The first-order valence-corrected chi connectivity index (χ1v) is 6.92. The number of hydrogen-bond acceptors (Lipinski definition) is 3. The van der Waals surface area contributed by atoms with Crippen molar-refractivity contribution in [2.75, 3.05) is 53.5 Å². The molecule has 0 aliphatic carbocycles. The molecule has 0 amide bonds. The summed E-state index contributed by atoms with van der Waals surface area (Å²) in [6.45, 7) is 8.34. The molecule has 0 spiro atoms. The zero-order chi connectivity index (χ0) is 13.2. The molecule has 5 heteroatoms. The molecule has 0 aromatic heterocycles. The number of likely N-dealkylation sites (tertiary alicyclic amines) is 1. The van der Waals surface area contributed by atoms with Gasteiger partial charge in [-0.2, -0.15) is 0 Å². The average molecular weight is 256 g/mol. The second-order valence-corrected chi connectivity index (χ2v) is 4.94. The van der Waals surface area contributed by atoms with Gasteiger partial charge in [-0.05, 0) is 31.8 Å². The number of piperidine rings is 1. The molecule has 18 heavy (non-hydrogen) atoms. The SMILES string of the molecule is CN=C(NCCOC)NCCN1CCC(C)CC1. The zero-order valence-corrected chi connectivity index (χ0v) is 12.0. The quantitative estimate of drug-likeness (QED) is 0.413. The van der Waals surface area contributed by atoms with Crippen LogP contribution in [0, 0.1) is 5.92 Å². The van der Waals surface area contributed by atoms with Gasteiger partial charge in [0.25, 0.3) is 0 Å². The Kier molecular flexibility index (Phi) is 7.76. The molecule has 0 radical (unpaired) electrons. The lowest BCUT2D eigenvalue weighted by Crippen LogP contribution is -2.44. The van der Waals surface area contributed by atoms with E-state index in [1.807, 2.05) is 0 Å². The van der Waals surface area contributed by atoms with Crippen LogP contribution < -0.4 is 10.6 Å². The molecule has 1 saturated heterocycles. The second kappa shape index (κ2) is 9.16. The van der Waals surface area contributed by atoms with Crippen molar-refractivity contribution in [2.45, 2.75) is 19.8 Å². The van der Waals surface area contributed by atoms with E-state index in [0.717, 1.165) is 31.5 Å². The molecule has 1 rings (SSSR count). The Morgan fingerprint density at radius 3 is 2.56 bits per heavy atom. The van der Waals surface area contributed by atoms with Crippen molar-refractivity contribution >= 4 is 5.96 Å². The van der Waals surface area contributed by atoms with Gasteiger partial charge >= 0.3 is 0 Å². The summed E-state index contributed by atoms with van der Waals surface area (Å²) in [6.07, 6.45) is 2.67. The van der Waals surface area contributed by atoms with Gasteiger partial charge in [0.05, 0.1) is 6.61 Å². The van der Waals surface area contributed by atoms with E-state index in [-0.39, 0.29) is 0 Å². The van der Waals surface area contributed by atoms with Crippen molar-refractivity contribution in [2.24, 2.45) is 10.9 Å². The Balaban J connectivity index is 2.08. The minimum Gasteiger partial charge on any atom is -0.383 e. The molecule has 2 N–H and O–H groups in total. The zero-order valence-electron chi connectivity index (χ0n) is 12.0. The smallest absolute Gasteiger partial charge is 0.191 e. The topological polar surface area (TPSA) is 48.9 Å². The van der Waals surface area contributed by atoms with Crippen molar-refractivity contribution in [3.8, 4) is 0 Å². The number of ether oxygens (including phenoxy) is 1. The first kappa shape index (κ1) is 15.2. The molecule has 1 fully saturated rings. The standard InChI is InChI=1S/C13H28N4O/c1-12-4-8-17(9-5-12)10-6-15-13(14-2)16-7-11-18-3/h12H,4-11H2,1-3H3,(H2,14,15,16). The molecule has 0 bridgehead atoms. The highest BCUT2D eigenvalue weighted by molar-refractivity contribution is 5.79. The van der Waals surface area contributed by atoms with E-state index >= 15 is 0 Å². The first-order chi connectivity index (χ1) is 8.76. The lowest BCUT2D eigenvalue weighted by molar-refractivity contribution is 0.195. The van der Waals surface area contributed by atoms with Gasteiger partial charge < -0.3 is 20.3 Å². The summed E-state index contributed by atoms with van der Waals surface area (Å²) in [5, 5.41) is 6.54. The largest absolute Gasteiger partial charge is 0.383 e. The Morgan fingerprint density at radius 1 is 1.28 bits per heavy atom. The molecule has 5 nitrogen and oxygen atoms in total. The van der Waals surface area contributed by atoms with Crippen LogP contribution in [0.2, 0.25) is 0 Å². The molecular weight excluding hydrogens is 228 g/mol. The summed E-state index contributed by atoms with van der Waals surface area (Å²) in [7, 11) is 3.50. The number of hydrogen-bond donors (Lipinski definition) is 2. The fourth-order valence-electron chi connectivity index (χ4n) is 2.11. The van der Waals surface area contributed by atoms with E-state index < -0.39 is 0 Å². The Bertz CT molecular complexity index is 237. The summed E-state index contributed by atoms with van der Waals surface area (Å²) in [5.74, 6) is 1.76. The van der Waals surface area contributed by atoms with Gasteiger partial charge in [-0.1, -0.05) is 6.92 Å². The average Bonchev–Trinajstić information content (AvgIpc) is 2.39. The third-order valence-corrected chi connectivity index (χ3v) is 3.42. The number of nitrogens with zero attached hydrogens (tertiary/aromatic N) is 2. The third-order valence-electron chi connectivity index (χ3n) is 3.42. The lowest BCUT2D eigenvalue weighted by Gasteiger charge is -2.30. The van der Waals surface area contributed by atoms with Gasteiger partial charge in [0.15, 0.2) is 5.96 Å². The van der Waals surface area contributed by atoms with Gasteiger partial charge in [-0.15, -0.1) is 0 Å². The van der Waals surface area contributed by atoms with Crippen LogP contribution in [0.25, 0.3) is 0 Å². The van der Waals surface area contributed by atoms with Gasteiger partial charge in [0.2, 0.25) is 0 Å². The molecule has 1 heterocycles. The van der Waals surface area contributed by atoms with Crippen LogP contribution in [-0.2, 0) is 4.74 Å². The van der Waals surface area contributed by atoms with Crippen molar-refractivity contribution in [1.82, 2.24) is 15.5 Å². The van der Waals surface area contributed by atoms with E-state index in [4.69, 9.17) is 4.74 Å². The number of nitrogens with one attached hydrogen (secondary N) is 2. The van der Waals surface area contributed by atoms with Crippen LogP contribution in [-0.4, -0.2) is 64.3 Å². The molecule has 0 unspecified atom stereocenters. The lowest BCUT2D eigenvalue weighted by atomic mass is 9.99. The van der Waals surface area contributed by atoms with E-state index in [0.29, 0.717) is 6.61 Å². The van der Waals surface area contributed by atoms with Gasteiger partial charge in [0.1, 0.15) is 0 Å². The normalized spacial score (nSPS) is 18.9. The summed E-state index contributed by atoms with van der Waals surface area (Å²) in [5.41, 5.74) is 0. The molecule has 1 aliphatic rings. The van der Waals surface area contributed by atoms with Crippen LogP contribution in [0.5, 0.6) is 0 Å². The van der Waals surface area contributed by atoms with Crippen molar-refractivity contribution in [3.05, 3.63) is 0 Å². The second-order valence-electron chi connectivity index (χ2n) is 4.94. The molecule has 0 aromatic carbocycles. The third kappa shape index (κ3) is 6.21. The number of aliphatic imine (C=N–C) groups is 1. The molecular formula is C13H28N4O. The van der Waals surface area contributed by atoms with E-state index in [9.17, 15) is 0 Å². The predicted molar refractivity (Wildman–Crippen MR) is 76.1 cm³/mol. The monoisotopic (exact) mass is 256 g/mol. The summed E-state index contributed by atoms with van der Waals surface area (Å²) in [4.78, 5) is 6.70. The van der Waals surface area contributed by atoms with Crippen molar-refractivity contribution in [1.29, 1.82) is 0 Å².